The van der Waals surface area contributed by atoms with Crippen LogP contribution in [0.15, 0.2) is 115 Å². The Kier molecular flexibility index (Phi) is 25.2. The van der Waals surface area contributed by atoms with Crippen LogP contribution in [0.4, 0.5) is 93.4 Å². The van der Waals surface area contributed by atoms with Crippen molar-refractivity contribution in [3.05, 3.63) is 176 Å². The predicted molar refractivity (Wildman–Crippen MR) is 241 cm³/mol. The Bertz CT molecular complexity index is 2800. The molecule has 5 atom stereocenters. The van der Waals surface area contributed by atoms with Crippen LogP contribution >= 0.6 is 0 Å². The minimum absolute atomic E-state index is 0. The minimum atomic E-state index is -5.08. The van der Waals surface area contributed by atoms with Crippen LogP contribution < -0.4 is 67.3 Å². The normalized spacial score (nSPS) is 15.7. The van der Waals surface area contributed by atoms with E-state index in [4.69, 9.17) is 14.2 Å². The number of hydrogen-bond acceptors (Lipinski definition) is 9. The molecule has 0 radical (unpaired) electrons. The number of aliphatic hydroxyl groups is 1. The number of cyclic esters (lactones) is 1. The van der Waals surface area contributed by atoms with E-state index in [0.717, 1.165) is 6.92 Å². The average Bonchev–Trinajstić information content (AvgIpc) is 3.70. The quantitative estimate of drug-likeness (QED) is 0.0433. The zero-order valence-corrected chi connectivity index (χ0v) is 44.9. The van der Waals surface area contributed by atoms with Crippen molar-refractivity contribution in [1.82, 2.24) is 16.0 Å². The fourth-order valence-electron chi connectivity index (χ4n) is 6.84. The van der Waals surface area contributed by atoms with Gasteiger partial charge in [-0.1, -0.05) is 60.7 Å². The Hall–Kier alpha value is -6.12. The summed E-state index contributed by atoms with van der Waals surface area (Å²) in [6, 6.07) is 16.1. The second kappa shape index (κ2) is 28.7. The molecule has 0 spiro atoms. The Morgan fingerprint density at radius 1 is 0.556 bits per heavy atom. The average molecular weight is 1210 g/mol. The largest absolute Gasteiger partial charge is 1.00 e. The van der Waals surface area contributed by atoms with Gasteiger partial charge in [0, 0.05) is 5.56 Å². The topological polar surface area (TPSA) is 182 Å². The summed E-state index contributed by atoms with van der Waals surface area (Å²) in [5.41, 5.74) is -9.73. The predicted octanol–water partition coefficient (Wildman–Crippen LogP) is 11.0. The number of Topliss-reactive ketones (excluding diaryl/α,β-unsaturated/α-hetero) is 1. The molecule has 12 nitrogen and oxygen atoms in total. The van der Waals surface area contributed by atoms with Crippen LogP contribution in [0.5, 0.6) is 0 Å². The molecule has 31 heteroatoms. The third-order valence-corrected chi connectivity index (χ3v) is 10.8. The summed E-state index contributed by atoms with van der Waals surface area (Å²) in [6.45, 7) is 3.54. The molecule has 1 heterocycles. The van der Waals surface area contributed by atoms with Gasteiger partial charge >= 0.3 is 107 Å². The second-order valence-electron chi connectivity index (χ2n) is 17.0. The molecular weight excluding hydrogens is 1170 g/mol. The maximum absolute atomic E-state index is 12.9. The molecule has 1 fully saturated rings. The first-order valence-corrected chi connectivity index (χ1v) is 22.3. The molecule has 5 N–H and O–H groups in total. The van der Waals surface area contributed by atoms with Gasteiger partial charge in [0.25, 0.3) is 0 Å². The third kappa shape index (κ3) is 21.9. The van der Waals surface area contributed by atoms with Crippen LogP contribution in [0, 0.1) is 0 Å². The molecule has 0 saturated carbocycles. The molecule has 6 rings (SSSR count). The standard InChI is InChI=1S/C19H17F6NO3.C19H15F6NO3.C12H9F6NO2.K.H2O/c2*1-11(26-17(28)29-10-12-5-3-2-4-6-12)16(27)13-7-14(18(20,21)22)9-15(8-13)19(23,24)25;1-5-9(21-10(20)19-5)6-2-7(11(13,14)15)4-8(3-6)12(16,17)18;;/h2-9,11,16,27H,10H2,1H3,(H,26,28);2-9,11H,10H2,1H3,(H,26,28);2-5,9H,1H3,(H,19,20);;1H2/q;;;+1;/p-1/t11-,16?;11-;5-,9-;;/m000../s1. The van der Waals surface area contributed by atoms with Crippen molar-refractivity contribution in [2.45, 2.75) is 101 Å². The van der Waals surface area contributed by atoms with E-state index >= 15 is 0 Å². The van der Waals surface area contributed by atoms with E-state index in [9.17, 15) is 103 Å². The molecule has 1 saturated heterocycles. The molecule has 0 aliphatic carbocycles. The number of benzene rings is 5. The summed E-state index contributed by atoms with van der Waals surface area (Å²) in [5.74, 6) is -1.13. The zero-order valence-electron chi connectivity index (χ0n) is 41.8. The van der Waals surface area contributed by atoms with E-state index in [1.54, 1.807) is 60.7 Å². The van der Waals surface area contributed by atoms with Gasteiger partial charge < -0.3 is 40.7 Å². The van der Waals surface area contributed by atoms with Gasteiger partial charge in [-0.3, -0.25) is 4.79 Å². The van der Waals surface area contributed by atoms with Gasteiger partial charge in [-0.25, -0.2) is 14.4 Å². The van der Waals surface area contributed by atoms with E-state index in [0.29, 0.717) is 47.5 Å². The summed E-state index contributed by atoms with van der Waals surface area (Å²) >= 11 is 0. The number of ether oxygens (including phenoxy) is 3. The van der Waals surface area contributed by atoms with Gasteiger partial charge in [0.05, 0.1) is 57.6 Å². The molecule has 5 aromatic rings. The number of carbonyl (C=O) groups excluding carboxylic acids is 4. The van der Waals surface area contributed by atoms with Crippen LogP contribution in [-0.2, 0) is 64.5 Å². The Labute approximate surface area is 489 Å². The summed E-state index contributed by atoms with van der Waals surface area (Å²) in [4.78, 5) is 46.9. The zero-order chi connectivity index (χ0) is 59.6. The molecule has 438 valence electrons. The Morgan fingerprint density at radius 2 is 0.889 bits per heavy atom. The summed E-state index contributed by atoms with van der Waals surface area (Å²) in [7, 11) is 0. The van der Waals surface area contributed by atoms with Crippen molar-refractivity contribution < 1.29 is 174 Å². The van der Waals surface area contributed by atoms with Gasteiger partial charge in [0.15, 0.2) is 5.78 Å². The van der Waals surface area contributed by atoms with Crippen LogP contribution in [0.3, 0.4) is 0 Å². The third-order valence-electron chi connectivity index (χ3n) is 10.8. The number of alkyl carbamates (subject to hydrolysis) is 3. The smallest absolute Gasteiger partial charge is 0.870 e. The number of ketones is 1. The first-order valence-electron chi connectivity index (χ1n) is 22.3. The first-order chi connectivity index (χ1) is 36.2. The fourth-order valence-corrected chi connectivity index (χ4v) is 6.84. The molecular formula is C50H42F18KN3O9. The van der Waals surface area contributed by atoms with Gasteiger partial charge in [-0.05, 0) is 97.6 Å². The summed E-state index contributed by atoms with van der Waals surface area (Å²) in [5, 5.41) is 16.7. The van der Waals surface area contributed by atoms with Crippen LogP contribution in [0.2, 0.25) is 0 Å². The molecule has 1 aliphatic heterocycles. The van der Waals surface area contributed by atoms with Crippen molar-refractivity contribution in [1.29, 1.82) is 0 Å². The monoisotopic (exact) mass is 1210 g/mol. The molecule has 1 unspecified atom stereocenters. The van der Waals surface area contributed by atoms with Crippen LogP contribution in [0.1, 0.15) is 99.0 Å². The molecule has 3 amide bonds. The summed E-state index contributed by atoms with van der Waals surface area (Å²) in [6.07, 6.45) is -36.1. The number of carbonyl (C=O) groups is 4. The SMILES string of the molecule is C[C@@H]1NC(=O)O[C@@H]1c1cc(C(F)(F)F)cc(C(F)(F)F)c1.C[C@H](NC(=O)OCc1ccccc1)C(=O)c1cc(C(F)(F)F)cc(C(F)(F)F)c1.C[C@H](NC(=O)OCc1ccccc1)C(O)c1cc(C(F)(F)F)cc(C(F)(F)F)c1.[K+].[OH-]. The Balaban J connectivity index is 0.000000416. The molecule has 5 aromatic carbocycles. The van der Waals surface area contributed by atoms with Crippen LogP contribution in [-0.4, -0.2) is 52.8 Å². The van der Waals surface area contributed by atoms with Crippen LogP contribution in [0.25, 0.3) is 0 Å². The van der Waals surface area contributed by atoms with E-state index < -0.39 is 136 Å². The number of rotatable bonds is 11. The van der Waals surface area contributed by atoms with Gasteiger partial charge in [-0.2, -0.15) is 79.0 Å². The van der Waals surface area contributed by atoms with E-state index in [-0.39, 0.29) is 93.8 Å². The molecule has 81 heavy (non-hydrogen) atoms. The molecule has 1 aliphatic rings. The number of hydrogen-bond donors (Lipinski definition) is 4. The van der Waals surface area contributed by atoms with E-state index in [1.165, 1.54) is 13.8 Å². The van der Waals surface area contributed by atoms with Crippen molar-refractivity contribution in [3.8, 4) is 0 Å². The van der Waals surface area contributed by atoms with Crippen molar-refractivity contribution in [2.75, 3.05) is 0 Å². The fraction of sp³-hybridized carbons (Fsp3) is 0.320. The van der Waals surface area contributed by atoms with Crippen molar-refractivity contribution >= 4 is 24.1 Å². The number of alkyl halides is 18. The number of aliphatic hydroxyl groups excluding tert-OH is 1. The summed E-state index contributed by atoms with van der Waals surface area (Å²) < 4.78 is 246. The van der Waals surface area contributed by atoms with E-state index in [1.807, 2.05) is 0 Å². The number of amides is 3. The second-order valence-corrected chi connectivity index (χ2v) is 17.0. The maximum atomic E-state index is 12.9. The molecule has 0 bridgehead atoms. The minimum Gasteiger partial charge on any atom is -0.870 e. The maximum Gasteiger partial charge on any atom is 1.00 e. The van der Waals surface area contributed by atoms with Crippen molar-refractivity contribution in [3.63, 3.8) is 0 Å². The van der Waals surface area contributed by atoms with Gasteiger partial charge in [0.1, 0.15) is 19.3 Å². The van der Waals surface area contributed by atoms with Crippen molar-refractivity contribution in [2.24, 2.45) is 0 Å². The number of nitrogens with one attached hydrogen (secondary N) is 3. The number of halogens is 18. The van der Waals surface area contributed by atoms with Gasteiger partial charge in [-0.15, -0.1) is 0 Å². The van der Waals surface area contributed by atoms with E-state index in [2.05, 4.69) is 16.0 Å². The Morgan fingerprint density at radius 3 is 1.22 bits per heavy atom. The first kappa shape index (κ1) is 71.0. The molecule has 0 aromatic heterocycles. The van der Waals surface area contributed by atoms with Gasteiger partial charge in [0.2, 0.25) is 0 Å².